The van der Waals surface area contributed by atoms with Crippen LogP contribution >= 0.6 is 0 Å². The molecular weight excluding hydrogens is 1410 g/mol. The average Bonchev–Trinajstić information content (AvgIpc) is 1.73. The fourth-order valence-corrected chi connectivity index (χ4v) is 7.71. The number of aromatic nitrogens is 16. The van der Waals surface area contributed by atoms with Gasteiger partial charge in [0.2, 0.25) is 5.91 Å². The van der Waals surface area contributed by atoms with Crippen LogP contribution in [0.3, 0.4) is 0 Å². The van der Waals surface area contributed by atoms with E-state index in [4.69, 9.17) is 23.7 Å². The minimum atomic E-state index is -0.380. The minimum Gasteiger partial charge on any atom is -0.379 e. The molecule has 662 valence electrons. The molecule has 1 atom stereocenters. The zero-order valence-corrected chi connectivity index (χ0v) is 79.5. The Balaban J connectivity index is -0.000000172. The van der Waals surface area contributed by atoms with Gasteiger partial charge >= 0.3 is 17.4 Å². The van der Waals surface area contributed by atoms with Gasteiger partial charge < -0.3 is 44.1 Å². The first-order valence-electron chi connectivity index (χ1n) is 41.0. The Kier molecular flexibility index (Phi) is 78.7. The van der Waals surface area contributed by atoms with Gasteiger partial charge in [-0.25, -0.2) is 29.7 Å². The number of aryl methyl sites for hydroxylation is 2. The van der Waals surface area contributed by atoms with Gasteiger partial charge in [-0.1, -0.05) is 175 Å². The summed E-state index contributed by atoms with van der Waals surface area (Å²) >= 11 is 0. The molecule has 3 saturated carbocycles. The molecule has 9 rings (SSSR count). The van der Waals surface area contributed by atoms with E-state index >= 15 is 0 Å². The van der Waals surface area contributed by atoms with Gasteiger partial charge in [-0.15, -0.1) is 20.4 Å². The van der Waals surface area contributed by atoms with Crippen LogP contribution in [0.25, 0.3) is 0 Å². The molecule has 1 unspecified atom stereocenters. The smallest absolute Gasteiger partial charge is 0.360 e. The van der Waals surface area contributed by atoms with E-state index in [-0.39, 0.29) is 45.7 Å². The van der Waals surface area contributed by atoms with Crippen LogP contribution in [0.15, 0.2) is 15.9 Å². The van der Waals surface area contributed by atoms with E-state index in [0.29, 0.717) is 41.7 Å². The van der Waals surface area contributed by atoms with E-state index in [1.165, 1.54) is 115 Å². The number of piperidine rings is 1. The second kappa shape index (κ2) is 72.1. The van der Waals surface area contributed by atoms with Gasteiger partial charge in [-0.05, 0) is 236 Å². The van der Waals surface area contributed by atoms with Gasteiger partial charge in [-0.2, -0.15) is 15.1 Å². The molecule has 111 heavy (non-hydrogen) atoms. The highest BCUT2D eigenvalue weighted by Gasteiger charge is 2.33. The molecule has 29 nitrogen and oxygen atoms in total. The van der Waals surface area contributed by atoms with Gasteiger partial charge in [0.25, 0.3) is 0 Å². The van der Waals surface area contributed by atoms with Gasteiger partial charge in [0.1, 0.15) is 0 Å². The SMILES string of the molecule is CC(C)(C)C1CC1.CC(C)(C)OC1CCC1.CC(C)(C)OC1CCCCC1.CC(C)(C)OC1CCOC1.CC(C)C.CC(C)C.CC(C)C.CC(C)C.CC(C)C.CC(C)C.CC(C)N1CCC(OC(C)(C)C)CC1.CNC(=O)N(C)C.CNC(C)=O.Cc1nn[nH]n1.Cn1nn[nH]c1=O.O=c1[nH]nn[nH]1.c1nn[nH]n1. The minimum absolute atomic E-state index is 0.00463. The largest absolute Gasteiger partial charge is 0.379 e. The molecule has 6 heterocycles. The van der Waals surface area contributed by atoms with Crippen LogP contribution in [0.5, 0.6) is 0 Å². The Bertz CT molecular complexity index is 2540. The Hall–Kier alpha value is -5.62. The summed E-state index contributed by atoms with van der Waals surface area (Å²) < 4.78 is 29.5. The molecule has 2 saturated heterocycles. The van der Waals surface area contributed by atoms with Crippen molar-refractivity contribution >= 4 is 11.9 Å². The van der Waals surface area contributed by atoms with E-state index in [9.17, 15) is 19.2 Å². The molecule has 4 aromatic rings. The molecule has 3 amide bonds. The molecule has 7 N–H and O–H groups in total. The van der Waals surface area contributed by atoms with E-state index in [1.54, 1.807) is 35.1 Å². The van der Waals surface area contributed by atoms with E-state index < -0.39 is 0 Å². The number of nitrogens with one attached hydrogen (secondary N) is 7. The summed E-state index contributed by atoms with van der Waals surface area (Å²) in [4.78, 5) is 44.1. The predicted molar refractivity (Wildman–Crippen MR) is 462 cm³/mol. The molecule has 3 aliphatic carbocycles. The summed E-state index contributed by atoms with van der Waals surface area (Å²) in [7, 11) is 8.11. The van der Waals surface area contributed by atoms with Crippen molar-refractivity contribution in [3.05, 3.63) is 33.1 Å². The van der Waals surface area contributed by atoms with Crippen LogP contribution in [0.2, 0.25) is 0 Å². The van der Waals surface area contributed by atoms with Gasteiger partial charge in [0.05, 0.1) is 53.4 Å². The van der Waals surface area contributed by atoms with Crippen LogP contribution in [-0.4, -0.2) is 211 Å². The number of likely N-dealkylation sites (tertiary alicyclic amines) is 1. The molecule has 2 aliphatic heterocycles. The fourth-order valence-electron chi connectivity index (χ4n) is 7.71. The third kappa shape index (κ3) is 120. The first-order chi connectivity index (χ1) is 50.7. The second-order valence-electron chi connectivity index (χ2n) is 37.2. The van der Waals surface area contributed by atoms with Crippen LogP contribution < -0.4 is 22.0 Å². The predicted octanol–water partition coefficient (Wildman–Crippen LogP) is 17.5. The number of urea groups is 1. The number of amides is 3. The standard InChI is InChI=1S/C12H25NO.C10H20O.C8H16O2.C8H16O.C7H14.C4H10N2O.6C4H10.C3H7NO.C2H4N4O.C2H4N4.CH2N4O.CH2N4/c1-10(2)13-8-6-11(7-9-13)14-12(3,4)5;1-10(2,3)11-9-7-5-4-6-8-9;1-8(2,3)10-7-4-5-9-6-7;1-8(2,3)9-7-5-4-6-7;1-7(2,3)6-4-5-6;1-5-4(7)6(2)3;6*1-4(2)3;1-3(5)4-2;1-6-2(7)3-4-5-6;1-2-3-5-6-4-2;6-1-2-4-5-3-1;1-2-4-5-3-1/h10-11H,6-9H2,1-5H3;9H,4-8H2,1-3H3;7H,4-6H2,1-3H3;7H,4-6H2,1-3H3;6H,4-5H2,1-3H3;1-3H3,(H,5,7);6*4H,1-3H3;1-2H3,(H,4,5);1H3,(H,3,5,7);1H3,(H,3,4,5,6);(H2,2,3,4,5,6);1H,(H,2,3,4,5). The molecule has 0 radical (unpaired) electrons. The zero-order chi connectivity index (χ0) is 88.3. The highest BCUT2D eigenvalue weighted by molar-refractivity contribution is 5.73. The quantitative estimate of drug-likeness (QED) is 0.0976. The van der Waals surface area contributed by atoms with Gasteiger partial charge in [-0.3, -0.25) is 4.79 Å². The molecule has 0 spiro atoms. The van der Waals surface area contributed by atoms with E-state index in [1.807, 2.05) is 10.2 Å². The second-order valence-corrected chi connectivity index (χ2v) is 37.2. The number of hydrogen-bond donors (Lipinski definition) is 7. The lowest BCUT2D eigenvalue weighted by Crippen LogP contribution is -2.42. The van der Waals surface area contributed by atoms with Crippen molar-refractivity contribution in [1.29, 1.82) is 0 Å². The highest BCUT2D eigenvalue weighted by atomic mass is 16.6. The summed E-state index contributed by atoms with van der Waals surface area (Å²) in [5.41, 5.74) is 0.0749. The lowest BCUT2D eigenvalue weighted by molar-refractivity contribution is -0.118. The lowest BCUT2D eigenvalue weighted by atomic mass is 9.91. The summed E-state index contributed by atoms with van der Waals surface area (Å²) in [6.07, 6.45) is 20.2. The maximum absolute atomic E-state index is 10.3. The summed E-state index contributed by atoms with van der Waals surface area (Å²) in [6.45, 7) is 83.2. The number of carbonyl (C=O) groups is 2. The Morgan fingerprint density at radius 2 is 0.874 bits per heavy atom. The molecular formula is C82H180N20O9. The van der Waals surface area contributed by atoms with Crippen molar-refractivity contribution in [2.45, 2.75) is 393 Å². The van der Waals surface area contributed by atoms with Crippen molar-refractivity contribution < 1.29 is 33.3 Å². The highest BCUT2D eigenvalue weighted by Crippen LogP contribution is 2.44. The maximum atomic E-state index is 10.3. The van der Waals surface area contributed by atoms with Crippen molar-refractivity contribution in [2.75, 3.05) is 54.5 Å². The molecule has 0 bridgehead atoms. The third-order valence-corrected chi connectivity index (χ3v) is 12.2. The number of nitrogens with zero attached hydrogens (tertiary/aromatic N) is 13. The number of H-pyrrole nitrogens is 5. The molecule has 5 aliphatic rings. The number of ether oxygens (including phenoxy) is 5. The van der Waals surface area contributed by atoms with Crippen molar-refractivity contribution in [1.82, 2.24) is 103 Å². The van der Waals surface area contributed by atoms with Crippen LogP contribution in [0.1, 0.15) is 339 Å². The number of hydrogen-bond acceptors (Lipinski definition) is 20. The number of carbonyl (C=O) groups excluding carboxylic acids is 2. The van der Waals surface area contributed by atoms with Crippen molar-refractivity contribution in [2.24, 2.45) is 53.9 Å². The number of tetrazole rings is 4. The lowest BCUT2D eigenvalue weighted by Gasteiger charge is -2.37. The van der Waals surface area contributed by atoms with Crippen molar-refractivity contribution in [3.63, 3.8) is 0 Å². The maximum Gasteiger partial charge on any atom is 0.360 e. The van der Waals surface area contributed by atoms with Crippen LogP contribution in [0.4, 0.5) is 4.79 Å². The normalized spacial score (nSPS) is 15.2. The number of aromatic amines is 5. The Morgan fingerprint density at radius 3 is 1.03 bits per heavy atom. The first-order valence-corrected chi connectivity index (χ1v) is 41.0. The summed E-state index contributed by atoms with van der Waals surface area (Å²) in [6, 6.07) is 0.616. The van der Waals surface area contributed by atoms with Crippen LogP contribution in [-0.2, 0) is 35.5 Å². The van der Waals surface area contributed by atoms with Crippen molar-refractivity contribution in [3.8, 4) is 0 Å². The third-order valence-electron chi connectivity index (χ3n) is 12.2. The van der Waals surface area contributed by atoms with E-state index in [0.717, 1.165) is 65.7 Å². The Labute approximate surface area is 678 Å². The summed E-state index contributed by atoms with van der Waals surface area (Å²) in [5, 5.41) is 48.6. The topological polar surface area (TPSA) is 358 Å². The molecule has 4 aromatic heterocycles. The van der Waals surface area contributed by atoms with Gasteiger partial charge in [0, 0.05) is 67.9 Å². The number of rotatable bonds is 5. The fraction of sp³-hybridized carbons (Fsp3) is 0.927. The summed E-state index contributed by atoms with van der Waals surface area (Å²) in [5.74, 6) is 6.73. The van der Waals surface area contributed by atoms with Crippen LogP contribution in [0, 0.1) is 53.8 Å². The van der Waals surface area contributed by atoms with E-state index in [2.05, 4.69) is 325 Å². The molecule has 0 aromatic carbocycles. The van der Waals surface area contributed by atoms with Gasteiger partial charge in [0.15, 0.2) is 12.2 Å². The first kappa shape index (κ1) is 121. The molecule has 5 fully saturated rings. The average molecular weight is 1590 g/mol. The zero-order valence-electron chi connectivity index (χ0n) is 79.5. The monoisotopic (exact) mass is 1590 g/mol. The molecule has 29 heteroatoms. The Morgan fingerprint density at radius 1 is 0.505 bits per heavy atom.